The number of urea groups is 1. The molecule has 0 radical (unpaired) electrons. The van der Waals surface area contributed by atoms with Gasteiger partial charge in [-0.25, -0.2) is 9.59 Å². The van der Waals surface area contributed by atoms with Crippen LogP contribution in [0, 0.1) is 0 Å². The maximum atomic E-state index is 13.4. The van der Waals surface area contributed by atoms with E-state index in [-0.39, 0.29) is 5.91 Å². The van der Waals surface area contributed by atoms with Gasteiger partial charge in [-0.15, -0.1) is 11.3 Å². The molecule has 9 nitrogen and oxygen atoms in total. The van der Waals surface area contributed by atoms with Crippen LogP contribution in [0.3, 0.4) is 0 Å². The summed E-state index contributed by atoms with van der Waals surface area (Å²) in [7, 11) is 0. The van der Waals surface area contributed by atoms with Gasteiger partial charge in [-0.2, -0.15) is 13.2 Å². The van der Waals surface area contributed by atoms with E-state index in [0.717, 1.165) is 44.0 Å². The van der Waals surface area contributed by atoms with Gasteiger partial charge in [0.25, 0.3) is 5.91 Å². The molecule has 1 aromatic heterocycles. The number of morpholine rings is 1. The third kappa shape index (κ3) is 8.86. The predicted molar refractivity (Wildman–Crippen MR) is 136 cm³/mol. The molecule has 1 atom stereocenters. The van der Waals surface area contributed by atoms with Gasteiger partial charge in [0, 0.05) is 47.8 Å². The number of nitrogens with one attached hydrogen (secondary N) is 2. The van der Waals surface area contributed by atoms with Crippen LogP contribution in [0.1, 0.15) is 23.8 Å². The number of aliphatic carboxylic acids is 1. The number of carbonyl (C=O) groups is 3. The SMILES string of the molecule is O=C(Nc1ccc(Cl)cc1)N[C@@H](C(=O)N1CCC(N2CCOCC2)CC1)c1cccs1.O=C(O)C(F)(F)F. The lowest BCUT2D eigenvalue weighted by molar-refractivity contribution is -0.192. The van der Waals surface area contributed by atoms with Gasteiger partial charge in [-0.1, -0.05) is 17.7 Å². The van der Waals surface area contributed by atoms with Crippen molar-refractivity contribution in [2.24, 2.45) is 0 Å². The summed E-state index contributed by atoms with van der Waals surface area (Å²) >= 11 is 7.37. The first-order chi connectivity index (χ1) is 18.0. The summed E-state index contributed by atoms with van der Waals surface area (Å²) in [5.41, 5.74) is 0.616. The Morgan fingerprint density at radius 2 is 1.66 bits per heavy atom. The van der Waals surface area contributed by atoms with Gasteiger partial charge in [0.05, 0.1) is 13.2 Å². The van der Waals surface area contributed by atoms with Crippen LogP contribution in [0.15, 0.2) is 41.8 Å². The van der Waals surface area contributed by atoms with E-state index < -0.39 is 24.2 Å². The van der Waals surface area contributed by atoms with Crippen molar-refractivity contribution >= 4 is 46.5 Å². The molecule has 38 heavy (non-hydrogen) atoms. The maximum absolute atomic E-state index is 13.4. The molecule has 2 saturated heterocycles. The first-order valence-corrected chi connectivity index (χ1v) is 13.1. The van der Waals surface area contributed by atoms with Gasteiger partial charge in [-0.3, -0.25) is 9.69 Å². The number of carbonyl (C=O) groups excluding carboxylic acids is 2. The van der Waals surface area contributed by atoms with Crippen LogP contribution in [-0.2, 0) is 14.3 Å². The summed E-state index contributed by atoms with van der Waals surface area (Å²) in [5, 5.41) is 15.3. The van der Waals surface area contributed by atoms with E-state index in [2.05, 4.69) is 15.5 Å². The Labute approximate surface area is 226 Å². The Morgan fingerprint density at radius 1 is 1.05 bits per heavy atom. The number of amides is 3. The molecule has 14 heteroatoms. The minimum absolute atomic E-state index is 0.0610. The summed E-state index contributed by atoms with van der Waals surface area (Å²) in [4.78, 5) is 40.0. The van der Waals surface area contributed by atoms with E-state index in [1.165, 1.54) is 11.3 Å². The molecule has 0 saturated carbocycles. The molecule has 2 aliphatic heterocycles. The van der Waals surface area contributed by atoms with E-state index >= 15 is 0 Å². The average Bonchev–Trinajstić information content (AvgIpc) is 3.43. The third-order valence-electron chi connectivity index (χ3n) is 6.03. The molecule has 3 N–H and O–H groups in total. The Hall–Kier alpha value is -2.87. The molecule has 208 valence electrons. The van der Waals surface area contributed by atoms with Gasteiger partial charge in [0.15, 0.2) is 0 Å². The highest BCUT2D eigenvalue weighted by Gasteiger charge is 2.38. The zero-order valence-corrected chi connectivity index (χ0v) is 21.8. The molecule has 0 spiro atoms. The summed E-state index contributed by atoms with van der Waals surface area (Å²) in [6.07, 6.45) is -3.19. The van der Waals surface area contributed by atoms with Crippen LogP contribution < -0.4 is 10.6 Å². The molecule has 2 aromatic rings. The number of rotatable bonds is 5. The summed E-state index contributed by atoms with van der Waals surface area (Å²) < 4.78 is 37.2. The molecule has 0 aliphatic carbocycles. The molecule has 3 amide bonds. The number of piperidine rings is 1. The maximum Gasteiger partial charge on any atom is 0.490 e. The van der Waals surface area contributed by atoms with Crippen molar-refractivity contribution in [1.29, 1.82) is 0 Å². The molecular weight excluding hydrogens is 549 g/mol. The van der Waals surface area contributed by atoms with Crippen LogP contribution in [0.25, 0.3) is 0 Å². The highest BCUT2D eigenvalue weighted by molar-refractivity contribution is 7.10. The molecule has 0 bridgehead atoms. The van der Waals surface area contributed by atoms with Crippen molar-refractivity contribution in [2.75, 3.05) is 44.7 Å². The normalized spacial score (nSPS) is 17.6. The van der Waals surface area contributed by atoms with E-state index in [1.54, 1.807) is 24.3 Å². The topological polar surface area (TPSA) is 111 Å². The van der Waals surface area contributed by atoms with Crippen LogP contribution in [0.2, 0.25) is 5.02 Å². The van der Waals surface area contributed by atoms with Crippen molar-refractivity contribution < 1.29 is 37.4 Å². The van der Waals surface area contributed by atoms with Crippen molar-refractivity contribution in [3.05, 3.63) is 51.7 Å². The predicted octanol–water partition coefficient (Wildman–Crippen LogP) is 4.22. The third-order valence-corrected chi connectivity index (χ3v) is 7.22. The number of carboxylic acids is 1. The quantitative estimate of drug-likeness (QED) is 0.491. The van der Waals surface area contributed by atoms with E-state index in [9.17, 15) is 22.8 Å². The molecule has 2 aliphatic rings. The van der Waals surface area contributed by atoms with E-state index in [4.69, 9.17) is 26.2 Å². The van der Waals surface area contributed by atoms with Crippen molar-refractivity contribution in [3.63, 3.8) is 0 Å². The molecule has 3 heterocycles. The second kappa shape index (κ2) is 13.8. The van der Waals surface area contributed by atoms with Gasteiger partial charge in [-0.05, 0) is 48.6 Å². The Balaban J connectivity index is 0.000000505. The number of halogens is 4. The van der Waals surface area contributed by atoms with Crippen molar-refractivity contribution in [1.82, 2.24) is 15.1 Å². The monoisotopic (exact) mass is 576 g/mol. The fourth-order valence-electron chi connectivity index (χ4n) is 4.12. The second-order valence-electron chi connectivity index (χ2n) is 8.56. The minimum atomic E-state index is -5.08. The van der Waals surface area contributed by atoms with Gasteiger partial charge >= 0.3 is 18.2 Å². The zero-order valence-electron chi connectivity index (χ0n) is 20.2. The Morgan fingerprint density at radius 3 is 2.18 bits per heavy atom. The Kier molecular flexibility index (Phi) is 10.8. The number of anilines is 1. The number of hydrogen-bond donors (Lipinski definition) is 3. The van der Waals surface area contributed by atoms with Crippen LogP contribution in [-0.4, -0.2) is 84.4 Å². The summed E-state index contributed by atoms with van der Waals surface area (Å²) in [6, 6.07) is 10.0. The lowest BCUT2D eigenvalue weighted by atomic mass is 10.0. The lowest BCUT2D eigenvalue weighted by Crippen LogP contribution is -2.52. The molecule has 4 rings (SSSR count). The second-order valence-corrected chi connectivity index (χ2v) is 9.98. The van der Waals surface area contributed by atoms with E-state index in [0.29, 0.717) is 29.8 Å². The highest BCUT2D eigenvalue weighted by atomic mass is 35.5. The number of nitrogens with zero attached hydrogens (tertiary/aromatic N) is 2. The zero-order chi connectivity index (χ0) is 27.7. The standard InChI is InChI=1S/C22H27ClN4O3S.C2HF3O2/c23-16-3-5-17(6-4-16)24-22(29)25-20(19-2-1-15-31-19)21(28)27-9-7-18(8-10-27)26-11-13-30-14-12-26;3-2(4,5)1(6)7/h1-6,15,18,20H,7-14H2,(H2,24,25,29);(H,6,7)/t20-;/m1./s1. The first-order valence-electron chi connectivity index (χ1n) is 11.8. The van der Waals surface area contributed by atoms with Crippen molar-refractivity contribution in [2.45, 2.75) is 31.1 Å². The smallest absolute Gasteiger partial charge is 0.475 e. The highest BCUT2D eigenvalue weighted by Crippen LogP contribution is 2.25. The summed E-state index contributed by atoms with van der Waals surface area (Å²) in [5.74, 6) is -2.82. The number of thiophene rings is 1. The number of likely N-dealkylation sites (tertiary alicyclic amines) is 1. The number of hydrogen-bond acceptors (Lipinski definition) is 6. The van der Waals surface area contributed by atoms with Crippen molar-refractivity contribution in [3.8, 4) is 0 Å². The van der Waals surface area contributed by atoms with E-state index in [1.807, 2.05) is 22.4 Å². The number of alkyl halides is 3. The summed E-state index contributed by atoms with van der Waals surface area (Å²) in [6.45, 7) is 4.89. The fraction of sp³-hybridized carbons (Fsp3) is 0.458. The number of ether oxygens (including phenoxy) is 1. The van der Waals surface area contributed by atoms with Gasteiger partial charge < -0.3 is 25.4 Å². The van der Waals surface area contributed by atoms with Crippen LogP contribution in [0.4, 0.5) is 23.7 Å². The number of benzene rings is 1. The molecular formula is C24H28ClF3N4O5S. The Bertz CT molecular complexity index is 1060. The minimum Gasteiger partial charge on any atom is -0.475 e. The fourth-order valence-corrected chi connectivity index (χ4v) is 5.01. The molecule has 1 aromatic carbocycles. The lowest BCUT2D eigenvalue weighted by Gasteiger charge is -2.40. The van der Waals surface area contributed by atoms with Gasteiger partial charge in [0.1, 0.15) is 6.04 Å². The molecule has 2 fully saturated rings. The largest absolute Gasteiger partial charge is 0.490 e. The van der Waals surface area contributed by atoms with Crippen LogP contribution >= 0.6 is 22.9 Å². The first kappa shape index (κ1) is 29.7. The average molecular weight is 577 g/mol. The van der Waals surface area contributed by atoms with Crippen LogP contribution in [0.5, 0.6) is 0 Å². The number of carboxylic acid groups (broad SMARTS) is 1. The van der Waals surface area contributed by atoms with Gasteiger partial charge in [0.2, 0.25) is 0 Å². The molecule has 0 unspecified atom stereocenters.